The van der Waals surface area contributed by atoms with Crippen molar-refractivity contribution in [2.45, 2.75) is 30.6 Å². The van der Waals surface area contributed by atoms with Gasteiger partial charge in [-0.15, -0.1) is 11.3 Å². The van der Waals surface area contributed by atoms with Gasteiger partial charge in [0.25, 0.3) is 0 Å². The molecule has 1 aliphatic carbocycles. The molecule has 2 fully saturated rings. The standard InChI is InChI=1S/C11H16N2OS/c12-7-11(2-3-11)10-13-9(6-15-10)8-1-4-14-5-8/h6,8H,1-5,7,12H2. The van der Waals surface area contributed by atoms with Crippen LogP contribution in [-0.4, -0.2) is 24.7 Å². The SMILES string of the molecule is NCC1(c2nc(C3CCOC3)cs2)CC1. The van der Waals surface area contributed by atoms with Gasteiger partial charge < -0.3 is 10.5 Å². The number of aromatic nitrogens is 1. The van der Waals surface area contributed by atoms with Crippen LogP contribution in [0.25, 0.3) is 0 Å². The van der Waals surface area contributed by atoms with E-state index in [1.807, 2.05) is 0 Å². The summed E-state index contributed by atoms with van der Waals surface area (Å²) in [6.07, 6.45) is 3.56. The first kappa shape index (κ1) is 9.75. The first-order valence-electron chi connectivity index (χ1n) is 5.58. The molecule has 82 valence electrons. The summed E-state index contributed by atoms with van der Waals surface area (Å²) in [4.78, 5) is 4.76. The van der Waals surface area contributed by atoms with Crippen molar-refractivity contribution in [2.75, 3.05) is 19.8 Å². The quantitative estimate of drug-likeness (QED) is 0.849. The minimum absolute atomic E-state index is 0.252. The van der Waals surface area contributed by atoms with Crippen LogP contribution in [0.4, 0.5) is 0 Å². The van der Waals surface area contributed by atoms with E-state index in [2.05, 4.69) is 5.38 Å². The lowest BCUT2D eigenvalue weighted by Crippen LogP contribution is -2.19. The summed E-state index contributed by atoms with van der Waals surface area (Å²) in [5.41, 5.74) is 7.29. The summed E-state index contributed by atoms with van der Waals surface area (Å²) in [6.45, 7) is 2.49. The lowest BCUT2D eigenvalue weighted by molar-refractivity contribution is 0.193. The van der Waals surface area contributed by atoms with Crippen LogP contribution in [0.5, 0.6) is 0 Å². The smallest absolute Gasteiger partial charge is 0.100 e. The lowest BCUT2D eigenvalue weighted by Gasteiger charge is -2.07. The summed E-state index contributed by atoms with van der Waals surface area (Å²) in [6, 6.07) is 0. The fraction of sp³-hybridized carbons (Fsp3) is 0.727. The number of nitrogens with zero attached hydrogens (tertiary/aromatic N) is 1. The van der Waals surface area contributed by atoms with Crippen LogP contribution in [0.15, 0.2) is 5.38 Å². The minimum Gasteiger partial charge on any atom is -0.381 e. The molecule has 2 aliphatic rings. The van der Waals surface area contributed by atoms with E-state index in [9.17, 15) is 0 Å². The Labute approximate surface area is 93.7 Å². The van der Waals surface area contributed by atoms with Crippen molar-refractivity contribution in [3.8, 4) is 0 Å². The van der Waals surface area contributed by atoms with Crippen molar-refractivity contribution < 1.29 is 4.74 Å². The molecule has 0 aromatic carbocycles. The third-order valence-corrected chi connectivity index (χ3v) is 4.67. The van der Waals surface area contributed by atoms with E-state index < -0.39 is 0 Å². The maximum absolute atomic E-state index is 5.81. The number of hydrogen-bond donors (Lipinski definition) is 1. The molecule has 4 heteroatoms. The van der Waals surface area contributed by atoms with E-state index in [0.717, 1.165) is 26.2 Å². The average Bonchev–Trinajstić information content (AvgIpc) is 2.74. The fourth-order valence-corrected chi connectivity index (χ4v) is 3.31. The topological polar surface area (TPSA) is 48.1 Å². The number of hydrogen-bond acceptors (Lipinski definition) is 4. The van der Waals surface area contributed by atoms with Gasteiger partial charge in [-0.25, -0.2) is 4.98 Å². The van der Waals surface area contributed by atoms with Crippen LogP contribution in [-0.2, 0) is 10.2 Å². The van der Waals surface area contributed by atoms with Crippen molar-refractivity contribution in [3.05, 3.63) is 16.1 Å². The van der Waals surface area contributed by atoms with Gasteiger partial charge in [0.15, 0.2) is 0 Å². The van der Waals surface area contributed by atoms with E-state index in [1.54, 1.807) is 11.3 Å². The van der Waals surface area contributed by atoms with Crippen LogP contribution in [0.1, 0.15) is 35.9 Å². The van der Waals surface area contributed by atoms with Crippen LogP contribution < -0.4 is 5.73 Å². The number of ether oxygens (including phenoxy) is 1. The molecule has 2 N–H and O–H groups in total. The molecule has 0 radical (unpaired) electrons. The van der Waals surface area contributed by atoms with Crippen molar-refractivity contribution in [3.63, 3.8) is 0 Å². The second kappa shape index (κ2) is 3.54. The zero-order chi connectivity index (χ0) is 10.3. The third kappa shape index (κ3) is 1.61. The second-order valence-corrected chi connectivity index (χ2v) is 5.48. The second-order valence-electron chi connectivity index (χ2n) is 4.62. The van der Waals surface area contributed by atoms with Gasteiger partial charge in [-0.3, -0.25) is 0 Å². The molecular weight excluding hydrogens is 208 g/mol. The third-order valence-electron chi connectivity index (χ3n) is 3.57. The summed E-state index contributed by atoms with van der Waals surface area (Å²) in [7, 11) is 0. The Morgan fingerprint density at radius 3 is 3.07 bits per heavy atom. The minimum atomic E-state index is 0.252. The van der Waals surface area contributed by atoms with Gasteiger partial charge >= 0.3 is 0 Å². The van der Waals surface area contributed by atoms with Crippen molar-refractivity contribution in [1.29, 1.82) is 0 Å². The summed E-state index contributed by atoms with van der Waals surface area (Å²) in [5, 5.41) is 3.46. The van der Waals surface area contributed by atoms with Gasteiger partial charge in [-0.05, 0) is 19.3 Å². The highest BCUT2D eigenvalue weighted by atomic mass is 32.1. The van der Waals surface area contributed by atoms with E-state index in [-0.39, 0.29) is 5.41 Å². The highest BCUT2D eigenvalue weighted by Gasteiger charge is 2.45. The maximum Gasteiger partial charge on any atom is 0.100 e. The molecule has 1 saturated carbocycles. The molecule has 1 aromatic rings. The predicted molar refractivity (Wildman–Crippen MR) is 60.3 cm³/mol. The van der Waals surface area contributed by atoms with Crippen LogP contribution in [0.2, 0.25) is 0 Å². The molecule has 3 rings (SSSR count). The molecule has 0 spiro atoms. The Kier molecular flexibility index (Phi) is 2.30. The zero-order valence-corrected chi connectivity index (χ0v) is 9.55. The van der Waals surface area contributed by atoms with E-state index in [4.69, 9.17) is 15.5 Å². The van der Waals surface area contributed by atoms with E-state index in [1.165, 1.54) is 23.5 Å². The highest BCUT2D eigenvalue weighted by molar-refractivity contribution is 7.09. The summed E-state index contributed by atoms with van der Waals surface area (Å²) >= 11 is 1.78. The molecule has 1 atom stereocenters. The zero-order valence-electron chi connectivity index (χ0n) is 8.74. The predicted octanol–water partition coefficient (Wildman–Crippen LogP) is 1.64. The molecule has 0 amide bonds. The Bertz CT molecular complexity index is 353. The van der Waals surface area contributed by atoms with Gasteiger partial charge in [0.2, 0.25) is 0 Å². The highest BCUT2D eigenvalue weighted by Crippen LogP contribution is 2.48. The van der Waals surface area contributed by atoms with Gasteiger partial charge in [0.1, 0.15) is 5.01 Å². The fourth-order valence-electron chi connectivity index (χ4n) is 2.14. The van der Waals surface area contributed by atoms with Crippen molar-refractivity contribution in [1.82, 2.24) is 4.98 Å². The van der Waals surface area contributed by atoms with E-state index >= 15 is 0 Å². The van der Waals surface area contributed by atoms with Gasteiger partial charge in [0, 0.05) is 29.9 Å². The van der Waals surface area contributed by atoms with Crippen LogP contribution in [0.3, 0.4) is 0 Å². The first-order chi connectivity index (χ1) is 7.34. The molecule has 1 saturated heterocycles. The molecule has 1 aliphatic heterocycles. The Balaban J connectivity index is 1.81. The number of rotatable bonds is 3. The molecule has 15 heavy (non-hydrogen) atoms. The molecule has 1 unspecified atom stereocenters. The van der Waals surface area contributed by atoms with Crippen molar-refractivity contribution in [2.24, 2.45) is 5.73 Å². The normalized spacial score (nSPS) is 28.2. The molecule has 3 nitrogen and oxygen atoms in total. The Morgan fingerprint density at radius 1 is 1.60 bits per heavy atom. The monoisotopic (exact) mass is 224 g/mol. The maximum atomic E-state index is 5.81. The van der Waals surface area contributed by atoms with Crippen molar-refractivity contribution >= 4 is 11.3 Å². The molecule has 2 heterocycles. The average molecular weight is 224 g/mol. The Morgan fingerprint density at radius 2 is 2.47 bits per heavy atom. The van der Waals surface area contributed by atoms with Crippen LogP contribution in [0, 0.1) is 0 Å². The summed E-state index contributed by atoms with van der Waals surface area (Å²) in [5.74, 6) is 0.531. The largest absolute Gasteiger partial charge is 0.381 e. The van der Waals surface area contributed by atoms with Gasteiger partial charge in [0.05, 0.1) is 12.3 Å². The van der Waals surface area contributed by atoms with Gasteiger partial charge in [-0.1, -0.05) is 0 Å². The number of nitrogens with two attached hydrogens (primary N) is 1. The lowest BCUT2D eigenvalue weighted by atomic mass is 10.1. The Hall–Kier alpha value is -0.450. The van der Waals surface area contributed by atoms with Gasteiger partial charge in [-0.2, -0.15) is 0 Å². The summed E-state index contributed by atoms with van der Waals surface area (Å²) < 4.78 is 5.39. The van der Waals surface area contributed by atoms with Crippen LogP contribution >= 0.6 is 11.3 Å². The molecule has 1 aromatic heterocycles. The first-order valence-corrected chi connectivity index (χ1v) is 6.46. The number of thiazole rings is 1. The molecular formula is C11H16N2OS. The molecule has 0 bridgehead atoms. The van der Waals surface area contributed by atoms with E-state index in [0.29, 0.717) is 5.92 Å².